The van der Waals surface area contributed by atoms with Gasteiger partial charge in [0.25, 0.3) is 13.4 Å². The average Bonchev–Trinajstić information content (AvgIpc) is 3.80. The molecule has 10 aromatic rings. The monoisotopic (exact) mass is 741 g/mol. The average molecular weight is 742 g/mol. The van der Waals surface area contributed by atoms with Gasteiger partial charge in [0, 0.05) is 6.07 Å². The molecule has 8 aromatic carbocycles. The molecular formula is C49H29B2N3O2Si. The third-order valence-corrected chi connectivity index (χ3v) is 18.2. The van der Waals surface area contributed by atoms with Crippen molar-refractivity contribution in [1.82, 2.24) is 14.0 Å². The van der Waals surface area contributed by atoms with Gasteiger partial charge in [-0.25, -0.2) is 4.98 Å². The highest BCUT2D eigenvalue weighted by molar-refractivity contribution is 7.31. The van der Waals surface area contributed by atoms with Crippen LogP contribution in [0.1, 0.15) is 0 Å². The summed E-state index contributed by atoms with van der Waals surface area (Å²) in [5, 5.41) is 5.71. The number of benzene rings is 8. The third kappa shape index (κ3) is 3.61. The molecule has 57 heavy (non-hydrogen) atoms. The second-order valence-electron chi connectivity index (χ2n) is 15.7. The number of hydrogen-bond acceptors (Lipinski definition) is 3. The zero-order valence-corrected chi connectivity index (χ0v) is 31.6. The van der Waals surface area contributed by atoms with Crippen LogP contribution in [0.25, 0.3) is 33.5 Å². The standard InChI is InChI=1S/C49H29B2N3O2Si/c1-8-20-39-31(13-1)50-33-14-2-9-23-43(33)57(45-25-11-21-40(55-39)47(45)50)44-24-10-3-15-34(44)51-32-28-27-30(29-42(32)56-41-22-12-26-46(57)48(41)51)53-37-18-6-7-19-38(37)54-36-17-5-4-16-35(36)52-49(53)54/h1-29H. The SMILES string of the molecule is c1ccc2c(c1)Oc1cccc3c1B2c1ccccc1[Si]31c2ccccc2B2c3ccc(-n4c5ccccc5n5c6ccccc6nc45)cc3Oc3cccc1c32. The van der Waals surface area contributed by atoms with Gasteiger partial charge in [0.1, 0.15) is 23.0 Å². The fraction of sp³-hybridized carbons (Fsp3) is 0. The Balaban J connectivity index is 1.03. The number of ether oxygens (including phenoxy) is 2. The summed E-state index contributed by atoms with van der Waals surface area (Å²) in [6.07, 6.45) is 0. The normalized spacial score (nSPS) is 16.4. The first-order chi connectivity index (χ1) is 28.3. The van der Waals surface area contributed by atoms with Gasteiger partial charge in [-0.2, -0.15) is 0 Å². The molecule has 1 atom stereocenters. The Morgan fingerprint density at radius 2 is 0.947 bits per heavy atom. The third-order valence-electron chi connectivity index (χ3n) is 13.2. The van der Waals surface area contributed by atoms with Gasteiger partial charge in [-0.3, -0.25) is 8.97 Å². The zero-order chi connectivity index (χ0) is 37.0. The van der Waals surface area contributed by atoms with E-state index in [1.54, 1.807) is 0 Å². The van der Waals surface area contributed by atoms with Gasteiger partial charge in [-0.1, -0.05) is 132 Å². The summed E-state index contributed by atoms with van der Waals surface area (Å²) in [5.74, 6) is 4.61. The van der Waals surface area contributed by atoms with E-state index in [2.05, 4.69) is 185 Å². The van der Waals surface area contributed by atoms with Crippen LogP contribution in [0.4, 0.5) is 0 Å². The van der Waals surface area contributed by atoms with Gasteiger partial charge in [0.2, 0.25) is 5.78 Å². The lowest BCUT2D eigenvalue weighted by atomic mass is 9.35. The molecule has 0 bridgehead atoms. The molecule has 0 saturated heterocycles. The van der Waals surface area contributed by atoms with Crippen LogP contribution in [0.15, 0.2) is 176 Å². The van der Waals surface area contributed by atoms with Crippen LogP contribution in [-0.4, -0.2) is 35.5 Å². The Labute approximate surface area is 329 Å². The van der Waals surface area contributed by atoms with Crippen LogP contribution in [0.2, 0.25) is 0 Å². The predicted octanol–water partition coefficient (Wildman–Crippen LogP) is 3.68. The summed E-state index contributed by atoms with van der Waals surface area (Å²) in [6.45, 7) is 0.111. The zero-order valence-electron chi connectivity index (χ0n) is 30.6. The predicted molar refractivity (Wildman–Crippen MR) is 235 cm³/mol. The maximum Gasteiger partial charge on any atom is 0.250 e. The van der Waals surface area contributed by atoms with Crippen LogP contribution < -0.4 is 63.0 Å². The molecule has 2 aromatic heterocycles. The fourth-order valence-electron chi connectivity index (χ4n) is 11.2. The maximum atomic E-state index is 7.15. The smallest absolute Gasteiger partial charge is 0.250 e. The summed E-state index contributed by atoms with van der Waals surface area (Å²) in [7, 11) is -2.91. The maximum absolute atomic E-state index is 7.15. The van der Waals surface area contributed by atoms with Crippen LogP contribution in [-0.2, 0) is 0 Å². The largest absolute Gasteiger partial charge is 0.458 e. The van der Waals surface area contributed by atoms with E-state index < -0.39 is 8.07 Å². The van der Waals surface area contributed by atoms with E-state index in [1.165, 1.54) is 53.5 Å². The highest BCUT2D eigenvalue weighted by atomic mass is 28.3. The van der Waals surface area contributed by atoms with Crippen LogP contribution in [0.3, 0.4) is 0 Å². The highest BCUT2D eigenvalue weighted by Gasteiger charge is 2.58. The number of para-hydroxylation sites is 5. The Kier molecular flexibility index (Phi) is 5.64. The lowest BCUT2D eigenvalue weighted by molar-refractivity contribution is 0.487. The Morgan fingerprint density at radius 1 is 0.421 bits per heavy atom. The second-order valence-corrected chi connectivity index (χ2v) is 19.4. The molecule has 0 fully saturated rings. The van der Waals surface area contributed by atoms with Gasteiger partial charge >= 0.3 is 0 Å². The van der Waals surface area contributed by atoms with Crippen molar-refractivity contribution in [1.29, 1.82) is 0 Å². The van der Waals surface area contributed by atoms with E-state index >= 15 is 0 Å². The lowest BCUT2D eigenvalue weighted by Crippen LogP contribution is -2.93. The molecule has 0 aliphatic carbocycles. The van der Waals surface area contributed by atoms with Crippen LogP contribution in [0.5, 0.6) is 23.0 Å². The van der Waals surface area contributed by atoms with Gasteiger partial charge in [-0.05, 0) is 91.1 Å². The van der Waals surface area contributed by atoms with Crippen molar-refractivity contribution in [2.24, 2.45) is 0 Å². The summed E-state index contributed by atoms with van der Waals surface area (Å²) >= 11 is 0. The summed E-state index contributed by atoms with van der Waals surface area (Å²) < 4.78 is 18.5. The topological polar surface area (TPSA) is 40.7 Å². The van der Waals surface area contributed by atoms with E-state index in [9.17, 15) is 0 Å². The Morgan fingerprint density at radius 3 is 1.67 bits per heavy atom. The van der Waals surface area contributed by atoms with Crippen molar-refractivity contribution < 1.29 is 9.47 Å². The molecule has 4 aliphatic heterocycles. The van der Waals surface area contributed by atoms with Crippen molar-refractivity contribution >= 4 is 103 Å². The molecule has 8 heteroatoms. The van der Waals surface area contributed by atoms with Crippen LogP contribution >= 0.6 is 0 Å². The molecule has 0 amide bonds. The Hall–Kier alpha value is -7.02. The summed E-state index contributed by atoms with van der Waals surface area (Å²) in [4.78, 5) is 5.16. The van der Waals surface area contributed by atoms with Crippen molar-refractivity contribution in [2.45, 2.75) is 0 Å². The summed E-state index contributed by atoms with van der Waals surface area (Å²) in [5.41, 5.74) is 13.1. The molecule has 0 saturated carbocycles. The summed E-state index contributed by atoms with van der Waals surface area (Å²) in [6, 6.07) is 64.5. The molecule has 1 spiro atoms. The molecule has 0 radical (unpaired) electrons. The molecule has 4 aliphatic rings. The number of nitrogens with zero attached hydrogens (tertiary/aromatic N) is 3. The number of rotatable bonds is 1. The van der Waals surface area contributed by atoms with Crippen molar-refractivity contribution in [3.05, 3.63) is 176 Å². The van der Waals surface area contributed by atoms with E-state index in [0.717, 1.165) is 56.5 Å². The number of aromatic nitrogens is 3. The number of fused-ring (bicyclic) bond motifs is 17. The first-order valence-corrected chi connectivity index (χ1v) is 21.7. The second kappa shape index (κ2) is 10.6. The van der Waals surface area contributed by atoms with E-state index in [0.29, 0.717) is 0 Å². The van der Waals surface area contributed by atoms with Gasteiger partial charge < -0.3 is 9.47 Å². The molecular weight excluding hydrogens is 712 g/mol. The quantitative estimate of drug-likeness (QED) is 0.242. The van der Waals surface area contributed by atoms with Crippen molar-refractivity contribution in [2.75, 3.05) is 0 Å². The minimum Gasteiger partial charge on any atom is -0.458 e. The lowest BCUT2D eigenvalue weighted by Gasteiger charge is -2.49. The fourth-order valence-corrected chi connectivity index (χ4v) is 17.0. The molecule has 1 unspecified atom stereocenters. The van der Waals surface area contributed by atoms with Crippen molar-refractivity contribution in [3.8, 4) is 28.7 Å². The van der Waals surface area contributed by atoms with E-state index in [-0.39, 0.29) is 13.4 Å². The molecule has 5 nitrogen and oxygen atoms in total. The molecule has 262 valence electrons. The molecule has 6 heterocycles. The number of hydrogen-bond donors (Lipinski definition) is 0. The van der Waals surface area contributed by atoms with Gasteiger partial charge in [-0.15, -0.1) is 0 Å². The molecule has 0 N–H and O–H groups in total. The minimum atomic E-state index is -2.91. The highest BCUT2D eigenvalue weighted by Crippen LogP contribution is 2.34. The number of imidazole rings is 2. The van der Waals surface area contributed by atoms with Gasteiger partial charge in [0.05, 0.1) is 27.8 Å². The van der Waals surface area contributed by atoms with E-state index in [4.69, 9.17) is 14.5 Å². The van der Waals surface area contributed by atoms with Crippen molar-refractivity contribution in [3.63, 3.8) is 0 Å². The first-order valence-electron chi connectivity index (χ1n) is 19.7. The van der Waals surface area contributed by atoms with Crippen LogP contribution in [0, 0.1) is 0 Å². The first kappa shape index (κ1) is 30.2. The minimum absolute atomic E-state index is 0.0140. The Bertz CT molecular complexity index is 3430. The molecule has 14 rings (SSSR count). The van der Waals surface area contributed by atoms with E-state index in [1.807, 2.05) is 0 Å². The van der Waals surface area contributed by atoms with Gasteiger partial charge in [0.15, 0.2) is 8.07 Å².